The van der Waals surface area contributed by atoms with E-state index in [0.29, 0.717) is 17.8 Å². The molecule has 0 bridgehead atoms. The lowest BCUT2D eigenvalue weighted by atomic mass is 10.1. The highest BCUT2D eigenvalue weighted by Gasteiger charge is 2.14. The number of fused-ring (bicyclic) bond motifs is 1. The molecule has 4 aromatic rings. The van der Waals surface area contributed by atoms with Crippen LogP contribution in [0.2, 0.25) is 0 Å². The highest BCUT2D eigenvalue weighted by Crippen LogP contribution is 2.31. The molecule has 0 radical (unpaired) electrons. The van der Waals surface area contributed by atoms with E-state index in [2.05, 4.69) is 10.2 Å². The van der Waals surface area contributed by atoms with Crippen molar-refractivity contribution in [2.45, 2.75) is 31.2 Å². The fraction of sp³-hybridized carbons (Fsp3) is 0.227. The van der Waals surface area contributed by atoms with Crippen molar-refractivity contribution in [2.24, 2.45) is 7.05 Å². The predicted octanol–water partition coefficient (Wildman–Crippen LogP) is 4.46. The number of aromatic nitrogens is 3. The van der Waals surface area contributed by atoms with Crippen molar-refractivity contribution in [2.75, 3.05) is 0 Å². The number of hydrogen-bond donors (Lipinski definition) is 1. The molecule has 0 amide bonds. The number of benzene rings is 2. The fourth-order valence-electron chi connectivity index (χ4n) is 3.25. The molecule has 6 nitrogen and oxygen atoms in total. The van der Waals surface area contributed by atoms with Gasteiger partial charge in [0.2, 0.25) is 0 Å². The quantitative estimate of drug-likeness (QED) is 0.389. The molecule has 0 unspecified atom stereocenters. The van der Waals surface area contributed by atoms with Crippen LogP contribution in [0.25, 0.3) is 22.4 Å². The zero-order valence-electron chi connectivity index (χ0n) is 16.5. The molecule has 0 fully saturated rings. The number of phenols is 1. The fourth-order valence-corrected chi connectivity index (χ4v) is 4.15. The van der Waals surface area contributed by atoms with Gasteiger partial charge in [-0.1, -0.05) is 48.5 Å². The van der Waals surface area contributed by atoms with E-state index in [-0.39, 0.29) is 5.75 Å². The van der Waals surface area contributed by atoms with Gasteiger partial charge in [-0.05, 0) is 30.5 Å². The third-order valence-electron chi connectivity index (χ3n) is 4.91. The number of hydrogen-bond acceptors (Lipinski definition) is 6. The summed E-state index contributed by atoms with van der Waals surface area (Å²) in [4.78, 5) is 12.0. The van der Waals surface area contributed by atoms with Gasteiger partial charge in [-0.2, -0.15) is 0 Å². The van der Waals surface area contributed by atoms with Crippen LogP contribution in [0, 0.1) is 6.92 Å². The maximum Gasteiger partial charge on any atom is 0.336 e. The first-order valence-electron chi connectivity index (χ1n) is 9.34. The molecule has 148 valence electrons. The zero-order valence-corrected chi connectivity index (χ0v) is 17.3. The van der Waals surface area contributed by atoms with Crippen LogP contribution in [0.4, 0.5) is 0 Å². The van der Waals surface area contributed by atoms with Crippen LogP contribution < -0.4 is 5.63 Å². The van der Waals surface area contributed by atoms with Crippen LogP contribution >= 0.6 is 11.8 Å². The van der Waals surface area contributed by atoms with Crippen molar-refractivity contribution in [1.29, 1.82) is 0 Å². The maximum absolute atomic E-state index is 12.0. The van der Waals surface area contributed by atoms with Gasteiger partial charge in [0.25, 0.3) is 0 Å². The van der Waals surface area contributed by atoms with Crippen molar-refractivity contribution < 1.29 is 9.52 Å². The van der Waals surface area contributed by atoms with Crippen LogP contribution in [0.5, 0.6) is 5.75 Å². The molecule has 0 saturated heterocycles. The molecule has 7 heteroatoms. The third kappa shape index (κ3) is 3.78. The molecule has 0 aliphatic carbocycles. The van der Waals surface area contributed by atoms with E-state index in [0.717, 1.165) is 33.1 Å². The average Bonchev–Trinajstić information content (AvgIpc) is 3.06. The van der Waals surface area contributed by atoms with E-state index in [1.165, 1.54) is 29.5 Å². The summed E-state index contributed by atoms with van der Waals surface area (Å²) in [6.07, 6.45) is 0.691. The molecular weight excluding hydrogens is 386 g/mol. The van der Waals surface area contributed by atoms with E-state index in [1.54, 1.807) is 0 Å². The molecule has 2 aromatic heterocycles. The van der Waals surface area contributed by atoms with Crippen molar-refractivity contribution in [3.63, 3.8) is 0 Å². The zero-order chi connectivity index (χ0) is 20.5. The average molecular weight is 407 g/mol. The maximum atomic E-state index is 12.0. The Labute approximate surface area is 172 Å². The van der Waals surface area contributed by atoms with Crippen molar-refractivity contribution in [3.05, 3.63) is 69.6 Å². The topological polar surface area (TPSA) is 81.2 Å². The Balaban J connectivity index is 1.65. The molecule has 0 atom stereocenters. The summed E-state index contributed by atoms with van der Waals surface area (Å²) >= 11 is 1.51. The lowest BCUT2D eigenvalue weighted by Crippen LogP contribution is -2.01. The second kappa shape index (κ2) is 7.75. The molecule has 2 aromatic carbocycles. The summed E-state index contributed by atoms with van der Waals surface area (Å²) in [7, 11) is 1.93. The van der Waals surface area contributed by atoms with E-state index < -0.39 is 5.63 Å². The van der Waals surface area contributed by atoms with Gasteiger partial charge in [0.05, 0.1) is 0 Å². The normalized spacial score (nSPS) is 11.3. The summed E-state index contributed by atoms with van der Waals surface area (Å²) in [6, 6.07) is 13.1. The van der Waals surface area contributed by atoms with Gasteiger partial charge in [-0.25, -0.2) is 4.79 Å². The smallest absolute Gasteiger partial charge is 0.336 e. The number of nitrogens with zero attached hydrogens (tertiary/aromatic N) is 3. The van der Waals surface area contributed by atoms with Gasteiger partial charge in [-0.3, -0.25) is 0 Å². The molecule has 29 heavy (non-hydrogen) atoms. The second-order valence-corrected chi connectivity index (χ2v) is 7.88. The first-order chi connectivity index (χ1) is 14.0. The monoisotopic (exact) mass is 407 g/mol. The summed E-state index contributed by atoms with van der Waals surface area (Å²) in [6.45, 7) is 4.02. The summed E-state index contributed by atoms with van der Waals surface area (Å²) in [5.41, 5.74) is 3.81. The lowest BCUT2D eigenvalue weighted by molar-refractivity contribution is 0.466. The number of phenolic OH excluding ortho intramolecular Hbond substituents is 1. The number of rotatable bonds is 5. The van der Waals surface area contributed by atoms with Crippen LogP contribution in [0.15, 0.2) is 56.8 Å². The van der Waals surface area contributed by atoms with Crippen molar-refractivity contribution in [3.8, 4) is 17.1 Å². The Morgan fingerprint density at radius 3 is 2.59 bits per heavy atom. The minimum Gasteiger partial charge on any atom is -0.508 e. The molecule has 2 heterocycles. The molecule has 0 aliphatic rings. The first-order valence-corrected chi connectivity index (χ1v) is 10.3. The molecule has 0 spiro atoms. The molecule has 4 rings (SSSR count). The van der Waals surface area contributed by atoms with Crippen LogP contribution in [0.3, 0.4) is 0 Å². The molecule has 1 N–H and O–H groups in total. The number of aryl methyl sites for hydroxylation is 2. The van der Waals surface area contributed by atoms with Crippen LogP contribution in [0.1, 0.15) is 23.6 Å². The molecule has 0 aliphatic heterocycles. The van der Waals surface area contributed by atoms with Gasteiger partial charge in [0.15, 0.2) is 11.0 Å². The highest BCUT2D eigenvalue weighted by atomic mass is 32.2. The highest BCUT2D eigenvalue weighted by molar-refractivity contribution is 7.98. The molecule has 0 saturated carbocycles. The summed E-state index contributed by atoms with van der Waals surface area (Å²) < 4.78 is 7.22. The minimum absolute atomic E-state index is 0.143. The van der Waals surface area contributed by atoms with Gasteiger partial charge in [0, 0.05) is 35.9 Å². The SMILES string of the molecule is CCc1cc2c(CSc3nnc(-c4ccc(C)cc4)n3C)cc(=O)oc2cc1O. The largest absolute Gasteiger partial charge is 0.508 e. The van der Waals surface area contributed by atoms with Gasteiger partial charge in [-0.15, -0.1) is 10.2 Å². The standard InChI is InChI=1S/C22H21N3O3S/c1-4-14-9-17-16(10-20(27)28-19(17)11-18(14)26)12-29-22-24-23-21(25(22)3)15-7-5-13(2)6-8-15/h5-11,26H,4,12H2,1-3H3. The van der Waals surface area contributed by atoms with Crippen LogP contribution in [-0.2, 0) is 19.2 Å². The Hall–Kier alpha value is -3.06. The van der Waals surface area contributed by atoms with Crippen molar-refractivity contribution in [1.82, 2.24) is 14.8 Å². The van der Waals surface area contributed by atoms with Gasteiger partial charge < -0.3 is 14.1 Å². The van der Waals surface area contributed by atoms with Gasteiger partial charge >= 0.3 is 5.63 Å². The Kier molecular flexibility index (Phi) is 5.15. The van der Waals surface area contributed by atoms with E-state index in [4.69, 9.17) is 4.42 Å². The predicted molar refractivity (Wildman–Crippen MR) is 114 cm³/mol. The Bertz CT molecular complexity index is 1240. The number of thioether (sulfide) groups is 1. The van der Waals surface area contributed by atoms with Gasteiger partial charge in [0.1, 0.15) is 11.3 Å². The summed E-state index contributed by atoms with van der Waals surface area (Å²) in [5, 5.41) is 20.3. The van der Waals surface area contributed by atoms with E-state index in [1.807, 2.05) is 55.8 Å². The van der Waals surface area contributed by atoms with E-state index >= 15 is 0 Å². The van der Waals surface area contributed by atoms with E-state index in [9.17, 15) is 9.90 Å². The summed E-state index contributed by atoms with van der Waals surface area (Å²) in [5.74, 6) is 1.47. The Morgan fingerprint density at radius 1 is 1.10 bits per heavy atom. The minimum atomic E-state index is -0.435. The lowest BCUT2D eigenvalue weighted by Gasteiger charge is -2.09. The molecular formula is C22H21N3O3S. The van der Waals surface area contributed by atoms with Crippen LogP contribution in [-0.4, -0.2) is 19.9 Å². The number of aromatic hydroxyl groups is 1. The second-order valence-electron chi connectivity index (χ2n) is 6.94. The Morgan fingerprint density at radius 2 is 1.86 bits per heavy atom. The van der Waals surface area contributed by atoms with Crippen molar-refractivity contribution >= 4 is 22.7 Å². The first kappa shape index (κ1) is 19.3. The third-order valence-corrected chi connectivity index (χ3v) is 5.98.